The molecule has 5 heteroatoms. The van der Waals surface area contributed by atoms with Crippen LogP contribution in [-0.2, 0) is 11.3 Å². The smallest absolute Gasteiger partial charge is 0.225 e. The van der Waals surface area contributed by atoms with Crippen molar-refractivity contribution in [1.82, 2.24) is 9.80 Å². The molecule has 5 rings (SSSR count). The monoisotopic (exact) mass is 448 g/mol. The summed E-state index contributed by atoms with van der Waals surface area (Å²) in [6.07, 6.45) is 5.60. The molecule has 2 aromatic carbocycles. The van der Waals surface area contributed by atoms with Crippen molar-refractivity contribution < 1.29 is 14.3 Å². The third-order valence-corrected chi connectivity index (χ3v) is 8.09. The Morgan fingerprint density at radius 3 is 2.42 bits per heavy atom. The van der Waals surface area contributed by atoms with Gasteiger partial charge in [-0.25, -0.2) is 0 Å². The Labute approximate surface area is 197 Å². The van der Waals surface area contributed by atoms with Gasteiger partial charge in [-0.1, -0.05) is 37.1 Å². The standard InChI is InChI=1S/C28H36N2O3/c1-32-23-12-10-20(11-13-23)17-29-15-14-27-26(18-29)25(22-8-5-9-24(16-22)33-2)19-30(27)28(31)21-6-3-4-7-21/h5,8-13,16,21,25-27H,3-4,6-7,14-15,17-19H2,1-2H3/t25-,26-,27-/m1/s1. The minimum atomic E-state index is 0.243. The molecule has 0 unspecified atom stereocenters. The molecule has 2 aromatic rings. The van der Waals surface area contributed by atoms with Crippen molar-refractivity contribution in [3.05, 3.63) is 59.7 Å². The molecule has 1 aliphatic carbocycles. The number of piperidine rings is 1. The SMILES string of the molecule is COc1ccc(CN2CC[C@@H]3[C@H](C2)[C@@H](c2cccc(OC)c2)CN3C(=O)C2CCCC2)cc1. The number of amides is 1. The molecule has 1 amide bonds. The van der Waals surface area contributed by atoms with E-state index in [-0.39, 0.29) is 5.92 Å². The molecule has 0 aromatic heterocycles. The van der Waals surface area contributed by atoms with Crippen molar-refractivity contribution in [3.63, 3.8) is 0 Å². The second kappa shape index (κ2) is 9.76. The minimum absolute atomic E-state index is 0.243. The van der Waals surface area contributed by atoms with E-state index in [1.165, 1.54) is 24.0 Å². The number of methoxy groups -OCH3 is 2. The maximum absolute atomic E-state index is 13.5. The van der Waals surface area contributed by atoms with E-state index < -0.39 is 0 Å². The lowest BCUT2D eigenvalue weighted by atomic mass is 9.81. The fraction of sp³-hybridized carbons (Fsp3) is 0.536. The van der Waals surface area contributed by atoms with Gasteiger partial charge in [0, 0.05) is 50.0 Å². The van der Waals surface area contributed by atoms with Crippen LogP contribution in [0, 0.1) is 11.8 Å². The van der Waals surface area contributed by atoms with Gasteiger partial charge in [-0.2, -0.15) is 0 Å². The summed E-state index contributed by atoms with van der Waals surface area (Å²) in [4.78, 5) is 18.4. The molecule has 1 saturated carbocycles. The van der Waals surface area contributed by atoms with Crippen LogP contribution in [0.4, 0.5) is 0 Å². The second-order valence-electron chi connectivity index (χ2n) is 9.96. The summed E-state index contributed by atoms with van der Waals surface area (Å²) in [6.45, 7) is 3.84. The Morgan fingerprint density at radius 1 is 0.939 bits per heavy atom. The zero-order valence-electron chi connectivity index (χ0n) is 19.9. The number of fused-ring (bicyclic) bond motifs is 1. The first-order valence-electron chi connectivity index (χ1n) is 12.5. The van der Waals surface area contributed by atoms with Crippen LogP contribution in [0.15, 0.2) is 48.5 Å². The summed E-state index contributed by atoms with van der Waals surface area (Å²) in [5.74, 6) is 3.26. The van der Waals surface area contributed by atoms with Crippen LogP contribution < -0.4 is 9.47 Å². The molecular formula is C28H36N2O3. The van der Waals surface area contributed by atoms with E-state index in [0.29, 0.717) is 23.8 Å². The fourth-order valence-corrected chi connectivity index (χ4v) is 6.32. The van der Waals surface area contributed by atoms with Gasteiger partial charge < -0.3 is 14.4 Å². The molecule has 2 aliphatic heterocycles. The highest BCUT2D eigenvalue weighted by molar-refractivity contribution is 5.80. The number of carbonyl (C=O) groups is 1. The lowest BCUT2D eigenvalue weighted by Gasteiger charge is -2.39. The van der Waals surface area contributed by atoms with Crippen LogP contribution in [-0.4, -0.2) is 55.6 Å². The Balaban J connectivity index is 1.37. The molecule has 176 valence electrons. The van der Waals surface area contributed by atoms with Gasteiger partial charge in [-0.05, 0) is 54.7 Å². The summed E-state index contributed by atoms with van der Waals surface area (Å²) in [5, 5.41) is 0. The maximum atomic E-state index is 13.5. The van der Waals surface area contributed by atoms with Crippen LogP contribution in [0.5, 0.6) is 11.5 Å². The molecule has 0 bridgehead atoms. The lowest BCUT2D eigenvalue weighted by Crippen LogP contribution is -2.48. The van der Waals surface area contributed by atoms with Gasteiger partial charge in [-0.3, -0.25) is 9.69 Å². The Hall–Kier alpha value is -2.53. The molecule has 2 saturated heterocycles. The van der Waals surface area contributed by atoms with Gasteiger partial charge in [0.2, 0.25) is 5.91 Å². The Bertz CT molecular complexity index is 954. The summed E-state index contributed by atoms with van der Waals surface area (Å²) in [5.41, 5.74) is 2.61. The van der Waals surface area contributed by atoms with E-state index in [4.69, 9.17) is 9.47 Å². The van der Waals surface area contributed by atoms with E-state index in [9.17, 15) is 4.79 Å². The summed E-state index contributed by atoms with van der Waals surface area (Å²) >= 11 is 0. The van der Waals surface area contributed by atoms with Gasteiger partial charge in [0.25, 0.3) is 0 Å². The molecule has 2 heterocycles. The number of carbonyl (C=O) groups excluding carboxylic acids is 1. The minimum Gasteiger partial charge on any atom is -0.497 e. The number of ether oxygens (including phenoxy) is 2. The number of hydrogen-bond donors (Lipinski definition) is 0. The van der Waals surface area contributed by atoms with Crippen LogP contribution in [0.2, 0.25) is 0 Å². The summed E-state index contributed by atoms with van der Waals surface area (Å²) < 4.78 is 10.8. The highest BCUT2D eigenvalue weighted by Crippen LogP contribution is 2.44. The average molecular weight is 449 g/mol. The largest absolute Gasteiger partial charge is 0.497 e. The summed E-state index contributed by atoms with van der Waals surface area (Å²) in [6, 6.07) is 17.2. The zero-order valence-corrected chi connectivity index (χ0v) is 19.9. The molecular weight excluding hydrogens is 412 g/mol. The highest BCUT2D eigenvalue weighted by Gasteiger charge is 2.48. The van der Waals surface area contributed by atoms with Crippen LogP contribution in [0.1, 0.15) is 49.1 Å². The van der Waals surface area contributed by atoms with Crippen molar-refractivity contribution in [2.75, 3.05) is 33.9 Å². The molecule has 0 radical (unpaired) electrons. The van der Waals surface area contributed by atoms with Gasteiger partial charge in [0.1, 0.15) is 11.5 Å². The van der Waals surface area contributed by atoms with Crippen LogP contribution >= 0.6 is 0 Å². The van der Waals surface area contributed by atoms with Gasteiger partial charge in [-0.15, -0.1) is 0 Å². The third kappa shape index (κ3) is 4.61. The van der Waals surface area contributed by atoms with Crippen molar-refractivity contribution in [3.8, 4) is 11.5 Å². The fourth-order valence-electron chi connectivity index (χ4n) is 6.32. The van der Waals surface area contributed by atoms with E-state index in [1.807, 2.05) is 18.2 Å². The normalized spacial score (nSPS) is 25.8. The number of hydrogen-bond acceptors (Lipinski definition) is 4. The van der Waals surface area contributed by atoms with Crippen molar-refractivity contribution in [2.24, 2.45) is 11.8 Å². The Morgan fingerprint density at radius 2 is 1.70 bits per heavy atom. The maximum Gasteiger partial charge on any atom is 0.225 e. The molecule has 0 N–H and O–H groups in total. The zero-order chi connectivity index (χ0) is 22.8. The molecule has 5 nitrogen and oxygen atoms in total. The predicted molar refractivity (Wildman–Crippen MR) is 130 cm³/mol. The van der Waals surface area contributed by atoms with Crippen LogP contribution in [0.25, 0.3) is 0 Å². The molecule has 33 heavy (non-hydrogen) atoms. The second-order valence-corrected chi connectivity index (χ2v) is 9.96. The Kier molecular flexibility index (Phi) is 6.59. The van der Waals surface area contributed by atoms with Gasteiger partial charge in [0.05, 0.1) is 14.2 Å². The first-order valence-corrected chi connectivity index (χ1v) is 12.5. The van der Waals surface area contributed by atoms with E-state index in [0.717, 1.165) is 56.9 Å². The number of benzene rings is 2. The number of likely N-dealkylation sites (tertiary alicyclic amines) is 2. The topological polar surface area (TPSA) is 42.0 Å². The van der Waals surface area contributed by atoms with Gasteiger partial charge in [0.15, 0.2) is 0 Å². The van der Waals surface area contributed by atoms with Crippen molar-refractivity contribution >= 4 is 5.91 Å². The van der Waals surface area contributed by atoms with Crippen LogP contribution in [0.3, 0.4) is 0 Å². The highest BCUT2D eigenvalue weighted by atomic mass is 16.5. The van der Waals surface area contributed by atoms with Crippen molar-refractivity contribution in [2.45, 2.75) is 50.6 Å². The third-order valence-electron chi connectivity index (χ3n) is 8.09. The predicted octanol–water partition coefficient (Wildman–Crippen LogP) is 4.71. The molecule has 3 fully saturated rings. The number of nitrogens with zero attached hydrogens (tertiary/aromatic N) is 2. The first kappa shape index (κ1) is 22.3. The molecule has 3 atom stereocenters. The van der Waals surface area contributed by atoms with E-state index >= 15 is 0 Å². The van der Waals surface area contributed by atoms with E-state index in [1.54, 1.807) is 14.2 Å². The van der Waals surface area contributed by atoms with Gasteiger partial charge >= 0.3 is 0 Å². The van der Waals surface area contributed by atoms with E-state index in [2.05, 4.69) is 40.1 Å². The quantitative estimate of drug-likeness (QED) is 0.642. The molecule has 3 aliphatic rings. The first-order chi connectivity index (χ1) is 16.2. The van der Waals surface area contributed by atoms with Crippen molar-refractivity contribution in [1.29, 1.82) is 0 Å². The number of rotatable bonds is 6. The molecule has 0 spiro atoms. The average Bonchev–Trinajstić information content (AvgIpc) is 3.53. The summed E-state index contributed by atoms with van der Waals surface area (Å²) in [7, 11) is 3.43. The lowest BCUT2D eigenvalue weighted by molar-refractivity contribution is -0.137.